The van der Waals surface area contributed by atoms with Crippen LogP contribution in [-0.4, -0.2) is 7.11 Å². The van der Waals surface area contributed by atoms with Crippen LogP contribution in [-0.2, 0) is 4.74 Å². The Morgan fingerprint density at radius 2 is 1.83 bits per heavy atom. The molecule has 0 bridgehead atoms. The molecule has 0 aliphatic carbocycles. The summed E-state index contributed by atoms with van der Waals surface area (Å²) in [5, 5.41) is 0. The highest BCUT2D eigenvalue weighted by atomic mass is 16.5. The maximum absolute atomic E-state index is 5.23. The van der Waals surface area contributed by atoms with E-state index in [1.807, 2.05) is 0 Å². The van der Waals surface area contributed by atoms with Gasteiger partial charge in [-0.1, -0.05) is 18.2 Å². The third-order valence-electron chi connectivity index (χ3n) is 2.35. The summed E-state index contributed by atoms with van der Waals surface area (Å²) < 4.78 is 5.23. The van der Waals surface area contributed by atoms with Gasteiger partial charge in [-0.15, -0.1) is 0 Å². The molecule has 0 saturated carbocycles. The molecule has 0 saturated heterocycles. The van der Waals surface area contributed by atoms with Crippen LogP contribution in [0.3, 0.4) is 0 Å². The van der Waals surface area contributed by atoms with Crippen molar-refractivity contribution in [3.05, 3.63) is 34.9 Å². The topological polar surface area (TPSA) is 9.23 Å². The Balaban J connectivity index is 2.96. The van der Waals surface area contributed by atoms with Crippen molar-refractivity contribution in [1.29, 1.82) is 0 Å². The van der Waals surface area contributed by atoms with Crippen molar-refractivity contribution in [3.63, 3.8) is 0 Å². The normalized spacial score (nSPS) is 13.0. The Morgan fingerprint density at radius 3 is 2.33 bits per heavy atom. The number of benzene rings is 1. The van der Waals surface area contributed by atoms with Crippen LogP contribution >= 0.6 is 0 Å². The fourth-order valence-corrected chi connectivity index (χ4v) is 1.15. The van der Waals surface area contributed by atoms with Crippen LogP contribution in [0.2, 0.25) is 0 Å². The molecule has 0 aliphatic heterocycles. The average molecular weight is 164 g/mol. The molecule has 0 aliphatic rings. The van der Waals surface area contributed by atoms with E-state index >= 15 is 0 Å². The van der Waals surface area contributed by atoms with E-state index < -0.39 is 0 Å². The van der Waals surface area contributed by atoms with E-state index in [2.05, 4.69) is 39.0 Å². The molecule has 0 amide bonds. The molecule has 1 aromatic carbocycles. The van der Waals surface area contributed by atoms with E-state index in [-0.39, 0.29) is 6.10 Å². The van der Waals surface area contributed by atoms with Gasteiger partial charge in [-0.05, 0) is 37.5 Å². The SMILES string of the molecule is COC(C)c1ccc(C)c(C)c1. The van der Waals surface area contributed by atoms with Crippen LogP contribution in [0.25, 0.3) is 0 Å². The van der Waals surface area contributed by atoms with Crippen LogP contribution in [0.4, 0.5) is 0 Å². The standard InChI is InChI=1S/C11H16O/c1-8-5-6-11(7-9(8)2)10(3)12-4/h5-7,10H,1-4H3. The number of rotatable bonds is 2. The maximum atomic E-state index is 5.23. The molecule has 0 spiro atoms. The summed E-state index contributed by atoms with van der Waals surface area (Å²) in [7, 11) is 1.74. The molecular weight excluding hydrogens is 148 g/mol. The highest BCUT2D eigenvalue weighted by molar-refractivity contribution is 5.30. The zero-order valence-corrected chi connectivity index (χ0v) is 8.22. The highest BCUT2D eigenvalue weighted by Gasteiger charge is 2.03. The molecule has 1 heteroatoms. The van der Waals surface area contributed by atoms with E-state index in [1.165, 1.54) is 16.7 Å². The highest BCUT2D eigenvalue weighted by Crippen LogP contribution is 2.18. The number of hydrogen-bond acceptors (Lipinski definition) is 1. The first-order valence-electron chi connectivity index (χ1n) is 4.25. The molecule has 0 heterocycles. The zero-order chi connectivity index (χ0) is 9.14. The Kier molecular flexibility index (Phi) is 2.88. The van der Waals surface area contributed by atoms with E-state index in [0.717, 1.165) is 0 Å². The van der Waals surface area contributed by atoms with Crippen molar-refractivity contribution in [1.82, 2.24) is 0 Å². The lowest BCUT2D eigenvalue weighted by Crippen LogP contribution is -1.96. The first-order chi connectivity index (χ1) is 5.65. The Morgan fingerprint density at radius 1 is 1.17 bits per heavy atom. The van der Waals surface area contributed by atoms with E-state index in [1.54, 1.807) is 7.11 Å². The fraction of sp³-hybridized carbons (Fsp3) is 0.455. The van der Waals surface area contributed by atoms with Crippen LogP contribution in [0.1, 0.15) is 29.7 Å². The first-order valence-corrected chi connectivity index (χ1v) is 4.25. The van der Waals surface area contributed by atoms with Gasteiger partial charge < -0.3 is 4.74 Å². The van der Waals surface area contributed by atoms with E-state index in [9.17, 15) is 0 Å². The summed E-state index contributed by atoms with van der Waals surface area (Å²) in [5.41, 5.74) is 3.92. The molecule has 0 N–H and O–H groups in total. The predicted octanol–water partition coefficient (Wildman–Crippen LogP) is 3.01. The van der Waals surface area contributed by atoms with Gasteiger partial charge in [-0.2, -0.15) is 0 Å². The summed E-state index contributed by atoms with van der Waals surface area (Å²) in [6, 6.07) is 6.44. The fourth-order valence-electron chi connectivity index (χ4n) is 1.15. The second-order valence-corrected chi connectivity index (χ2v) is 3.22. The van der Waals surface area contributed by atoms with Crippen LogP contribution in [0.5, 0.6) is 0 Å². The van der Waals surface area contributed by atoms with Crippen LogP contribution in [0, 0.1) is 13.8 Å². The van der Waals surface area contributed by atoms with Gasteiger partial charge in [0, 0.05) is 7.11 Å². The Hall–Kier alpha value is -0.820. The lowest BCUT2D eigenvalue weighted by molar-refractivity contribution is 0.119. The molecule has 1 atom stereocenters. The molecule has 1 unspecified atom stereocenters. The summed E-state index contributed by atoms with van der Waals surface area (Å²) in [6.45, 7) is 6.31. The summed E-state index contributed by atoms with van der Waals surface area (Å²) in [4.78, 5) is 0. The Bertz CT molecular complexity index is 266. The van der Waals surface area contributed by atoms with Crippen LogP contribution < -0.4 is 0 Å². The average Bonchev–Trinajstić information content (AvgIpc) is 2.08. The van der Waals surface area contributed by atoms with Crippen molar-refractivity contribution >= 4 is 0 Å². The quantitative estimate of drug-likeness (QED) is 0.653. The lowest BCUT2D eigenvalue weighted by Gasteiger charge is -2.11. The van der Waals surface area contributed by atoms with E-state index in [4.69, 9.17) is 4.74 Å². The van der Waals surface area contributed by atoms with Gasteiger partial charge in [0.1, 0.15) is 0 Å². The first kappa shape index (κ1) is 9.27. The summed E-state index contributed by atoms with van der Waals surface area (Å²) in [6.07, 6.45) is 0.198. The molecule has 1 rings (SSSR count). The van der Waals surface area contributed by atoms with Gasteiger partial charge in [0.15, 0.2) is 0 Å². The van der Waals surface area contributed by atoms with Crippen molar-refractivity contribution in [2.45, 2.75) is 26.9 Å². The van der Waals surface area contributed by atoms with Crippen molar-refractivity contribution in [2.24, 2.45) is 0 Å². The summed E-state index contributed by atoms with van der Waals surface area (Å²) in [5.74, 6) is 0. The van der Waals surface area contributed by atoms with Crippen LogP contribution in [0.15, 0.2) is 18.2 Å². The van der Waals surface area contributed by atoms with Gasteiger partial charge in [0.05, 0.1) is 6.10 Å². The molecule has 1 aromatic rings. The van der Waals surface area contributed by atoms with Gasteiger partial charge in [-0.25, -0.2) is 0 Å². The lowest BCUT2D eigenvalue weighted by atomic mass is 10.0. The summed E-state index contributed by atoms with van der Waals surface area (Å²) >= 11 is 0. The van der Waals surface area contributed by atoms with Gasteiger partial charge in [-0.3, -0.25) is 0 Å². The van der Waals surface area contributed by atoms with Gasteiger partial charge in [0.2, 0.25) is 0 Å². The van der Waals surface area contributed by atoms with Crippen molar-refractivity contribution < 1.29 is 4.74 Å². The molecule has 0 radical (unpaired) electrons. The zero-order valence-electron chi connectivity index (χ0n) is 8.22. The number of methoxy groups -OCH3 is 1. The number of aryl methyl sites for hydroxylation is 2. The maximum Gasteiger partial charge on any atom is 0.0793 e. The molecular formula is C11H16O. The van der Waals surface area contributed by atoms with Gasteiger partial charge >= 0.3 is 0 Å². The predicted molar refractivity (Wildman–Crippen MR) is 51.3 cm³/mol. The minimum atomic E-state index is 0.198. The van der Waals surface area contributed by atoms with Crippen molar-refractivity contribution in [2.75, 3.05) is 7.11 Å². The molecule has 0 fully saturated rings. The minimum absolute atomic E-state index is 0.198. The molecule has 66 valence electrons. The van der Waals surface area contributed by atoms with Gasteiger partial charge in [0.25, 0.3) is 0 Å². The molecule has 1 nitrogen and oxygen atoms in total. The van der Waals surface area contributed by atoms with Crippen molar-refractivity contribution in [3.8, 4) is 0 Å². The minimum Gasteiger partial charge on any atom is -0.377 e. The number of ether oxygens (including phenoxy) is 1. The number of hydrogen-bond donors (Lipinski definition) is 0. The second-order valence-electron chi connectivity index (χ2n) is 3.22. The smallest absolute Gasteiger partial charge is 0.0793 e. The largest absolute Gasteiger partial charge is 0.377 e. The third kappa shape index (κ3) is 1.86. The molecule has 12 heavy (non-hydrogen) atoms. The Labute approximate surface area is 74.4 Å². The molecule has 0 aromatic heterocycles. The monoisotopic (exact) mass is 164 g/mol. The second kappa shape index (κ2) is 3.72. The van der Waals surface area contributed by atoms with E-state index in [0.29, 0.717) is 0 Å². The third-order valence-corrected chi connectivity index (χ3v) is 2.35.